The van der Waals surface area contributed by atoms with Crippen LogP contribution in [0.4, 0.5) is 0 Å². The maximum atomic E-state index is 11.0. The SMILES string of the molecule is Cc1c(OCC(=O)NN)ccc2ccccc12. The van der Waals surface area contributed by atoms with Crippen molar-refractivity contribution in [2.24, 2.45) is 5.84 Å². The van der Waals surface area contributed by atoms with Gasteiger partial charge < -0.3 is 4.74 Å². The number of carbonyl (C=O) groups is 1. The number of aryl methyl sites for hydroxylation is 1. The van der Waals surface area contributed by atoms with E-state index in [1.54, 1.807) is 0 Å². The second-order valence-corrected chi connectivity index (χ2v) is 3.77. The third kappa shape index (κ3) is 2.37. The van der Waals surface area contributed by atoms with Crippen molar-refractivity contribution < 1.29 is 9.53 Å². The van der Waals surface area contributed by atoms with Crippen LogP contribution in [-0.2, 0) is 4.79 Å². The first-order valence-electron chi connectivity index (χ1n) is 5.33. The number of rotatable bonds is 3. The van der Waals surface area contributed by atoms with Gasteiger partial charge in [-0.2, -0.15) is 0 Å². The largest absolute Gasteiger partial charge is 0.483 e. The number of fused-ring (bicyclic) bond motifs is 1. The van der Waals surface area contributed by atoms with Gasteiger partial charge in [0.1, 0.15) is 5.75 Å². The third-order valence-electron chi connectivity index (χ3n) is 2.67. The first-order valence-corrected chi connectivity index (χ1v) is 5.33. The van der Waals surface area contributed by atoms with E-state index in [-0.39, 0.29) is 12.5 Å². The van der Waals surface area contributed by atoms with Crippen LogP contribution in [0.25, 0.3) is 10.8 Å². The number of hydrogen-bond donors (Lipinski definition) is 2. The molecule has 0 heterocycles. The molecule has 0 fully saturated rings. The fourth-order valence-electron chi connectivity index (χ4n) is 1.75. The van der Waals surface area contributed by atoms with Crippen molar-refractivity contribution in [3.63, 3.8) is 0 Å². The van der Waals surface area contributed by atoms with E-state index in [4.69, 9.17) is 10.6 Å². The number of hydrazine groups is 1. The summed E-state index contributed by atoms with van der Waals surface area (Å²) in [7, 11) is 0. The van der Waals surface area contributed by atoms with Gasteiger partial charge in [-0.3, -0.25) is 10.2 Å². The normalized spacial score (nSPS) is 10.2. The second kappa shape index (κ2) is 4.84. The summed E-state index contributed by atoms with van der Waals surface area (Å²) in [4.78, 5) is 11.0. The van der Waals surface area contributed by atoms with Gasteiger partial charge in [-0.15, -0.1) is 0 Å². The van der Waals surface area contributed by atoms with Crippen LogP contribution < -0.4 is 16.0 Å². The third-order valence-corrected chi connectivity index (χ3v) is 2.67. The molecule has 1 amide bonds. The van der Waals surface area contributed by atoms with Crippen molar-refractivity contribution in [2.45, 2.75) is 6.92 Å². The molecule has 0 saturated carbocycles. The van der Waals surface area contributed by atoms with Gasteiger partial charge in [0.15, 0.2) is 6.61 Å². The first kappa shape index (κ1) is 11.4. The monoisotopic (exact) mass is 230 g/mol. The predicted octanol–water partition coefficient (Wildman–Crippen LogP) is 1.52. The highest BCUT2D eigenvalue weighted by molar-refractivity contribution is 5.87. The van der Waals surface area contributed by atoms with E-state index in [1.807, 2.05) is 48.7 Å². The molecule has 2 rings (SSSR count). The van der Waals surface area contributed by atoms with E-state index in [1.165, 1.54) is 0 Å². The Bertz CT molecular complexity index is 552. The van der Waals surface area contributed by atoms with Gasteiger partial charge in [0, 0.05) is 0 Å². The molecule has 0 aliphatic heterocycles. The molecule has 4 nitrogen and oxygen atoms in total. The van der Waals surface area contributed by atoms with Crippen LogP contribution in [0.15, 0.2) is 36.4 Å². The van der Waals surface area contributed by atoms with Crippen molar-refractivity contribution in [3.05, 3.63) is 42.0 Å². The molecule has 0 aromatic heterocycles. The molecule has 4 heteroatoms. The lowest BCUT2D eigenvalue weighted by Crippen LogP contribution is -2.34. The Labute approximate surface area is 99.3 Å². The fraction of sp³-hybridized carbons (Fsp3) is 0.154. The minimum absolute atomic E-state index is 0.0737. The topological polar surface area (TPSA) is 64.3 Å². The molecule has 0 aliphatic carbocycles. The molecule has 0 radical (unpaired) electrons. The standard InChI is InChI=1S/C13H14N2O2/c1-9-11-5-3-2-4-10(11)6-7-12(9)17-8-13(16)15-14/h2-7H,8,14H2,1H3,(H,15,16). The number of hydrogen-bond acceptors (Lipinski definition) is 3. The highest BCUT2D eigenvalue weighted by Gasteiger charge is 2.06. The quantitative estimate of drug-likeness (QED) is 0.477. The molecule has 0 spiro atoms. The number of ether oxygens (including phenoxy) is 1. The van der Waals surface area contributed by atoms with Gasteiger partial charge in [-0.25, -0.2) is 5.84 Å². The zero-order valence-corrected chi connectivity index (χ0v) is 9.57. The van der Waals surface area contributed by atoms with Gasteiger partial charge in [0.25, 0.3) is 5.91 Å². The highest BCUT2D eigenvalue weighted by atomic mass is 16.5. The van der Waals surface area contributed by atoms with E-state index >= 15 is 0 Å². The lowest BCUT2D eigenvalue weighted by Gasteiger charge is -2.10. The zero-order chi connectivity index (χ0) is 12.3. The van der Waals surface area contributed by atoms with Gasteiger partial charge in [0.05, 0.1) is 0 Å². The van der Waals surface area contributed by atoms with Crippen molar-refractivity contribution in [2.75, 3.05) is 6.61 Å². The maximum Gasteiger partial charge on any atom is 0.271 e. The average molecular weight is 230 g/mol. The van der Waals surface area contributed by atoms with Crippen LogP contribution in [0.3, 0.4) is 0 Å². The lowest BCUT2D eigenvalue weighted by atomic mass is 10.0. The molecule has 2 aromatic carbocycles. The molecule has 0 bridgehead atoms. The van der Waals surface area contributed by atoms with Crippen molar-refractivity contribution in [1.29, 1.82) is 0 Å². The average Bonchev–Trinajstić information content (AvgIpc) is 2.38. The van der Waals surface area contributed by atoms with Gasteiger partial charge in [0.2, 0.25) is 0 Å². The van der Waals surface area contributed by atoms with Crippen LogP contribution >= 0.6 is 0 Å². The maximum absolute atomic E-state index is 11.0. The summed E-state index contributed by atoms with van der Waals surface area (Å²) in [5, 5.41) is 2.28. The van der Waals surface area contributed by atoms with E-state index < -0.39 is 0 Å². The van der Waals surface area contributed by atoms with Crippen LogP contribution in [-0.4, -0.2) is 12.5 Å². The van der Waals surface area contributed by atoms with Crippen LogP contribution in [0.1, 0.15) is 5.56 Å². The van der Waals surface area contributed by atoms with Crippen LogP contribution in [0.2, 0.25) is 0 Å². The molecule has 88 valence electrons. The first-order chi connectivity index (χ1) is 8.22. The van der Waals surface area contributed by atoms with E-state index in [9.17, 15) is 4.79 Å². The zero-order valence-electron chi connectivity index (χ0n) is 9.57. The van der Waals surface area contributed by atoms with E-state index in [0.717, 1.165) is 16.3 Å². The van der Waals surface area contributed by atoms with Gasteiger partial charge in [-0.1, -0.05) is 30.3 Å². The van der Waals surface area contributed by atoms with Crippen LogP contribution in [0.5, 0.6) is 5.75 Å². The Hall–Kier alpha value is -2.07. The molecule has 0 aliphatic rings. The highest BCUT2D eigenvalue weighted by Crippen LogP contribution is 2.26. The summed E-state index contributed by atoms with van der Waals surface area (Å²) in [6.07, 6.45) is 0. The Morgan fingerprint density at radius 2 is 2.06 bits per heavy atom. The molecule has 17 heavy (non-hydrogen) atoms. The minimum atomic E-state index is -0.349. The molecule has 0 saturated heterocycles. The van der Waals surface area contributed by atoms with E-state index in [0.29, 0.717) is 5.75 Å². The van der Waals surface area contributed by atoms with Gasteiger partial charge in [-0.05, 0) is 29.3 Å². The summed E-state index contributed by atoms with van der Waals surface area (Å²) in [6, 6.07) is 11.9. The number of nitrogens with two attached hydrogens (primary N) is 1. The van der Waals surface area contributed by atoms with Crippen LogP contribution in [0, 0.1) is 6.92 Å². The Morgan fingerprint density at radius 1 is 1.29 bits per heavy atom. The second-order valence-electron chi connectivity index (χ2n) is 3.77. The van der Waals surface area contributed by atoms with Crippen molar-refractivity contribution >= 4 is 16.7 Å². The Balaban J connectivity index is 2.29. The molecule has 2 aromatic rings. The van der Waals surface area contributed by atoms with Crippen molar-refractivity contribution in [3.8, 4) is 5.75 Å². The Morgan fingerprint density at radius 3 is 2.82 bits per heavy atom. The molecule has 3 N–H and O–H groups in total. The molecule has 0 atom stereocenters. The number of benzene rings is 2. The minimum Gasteiger partial charge on any atom is -0.483 e. The van der Waals surface area contributed by atoms with E-state index in [2.05, 4.69) is 0 Å². The lowest BCUT2D eigenvalue weighted by molar-refractivity contribution is -0.123. The molecular formula is C13H14N2O2. The summed E-state index contributed by atoms with van der Waals surface area (Å²) in [5.41, 5.74) is 3.05. The molecular weight excluding hydrogens is 216 g/mol. The fourth-order valence-corrected chi connectivity index (χ4v) is 1.75. The number of carbonyl (C=O) groups excluding carboxylic acids is 1. The van der Waals surface area contributed by atoms with Crippen molar-refractivity contribution in [1.82, 2.24) is 5.43 Å². The summed E-state index contributed by atoms with van der Waals surface area (Å²) in [5.74, 6) is 5.34. The summed E-state index contributed by atoms with van der Waals surface area (Å²) >= 11 is 0. The molecule has 0 unspecified atom stereocenters. The number of amides is 1. The number of nitrogens with one attached hydrogen (secondary N) is 1. The Kier molecular flexibility index (Phi) is 3.25. The summed E-state index contributed by atoms with van der Waals surface area (Å²) in [6.45, 7) is 1.90. The summed E-state index contributed by atoms with van der Waals surface area (Å²) < 4.78 is 5.41. The predicted molar refractivity (Wildman–Crippen MR) is 66.5 cm³/mol. The van der Waals surface area contributed by atoms with Gasteiger partial charge >= 0.3 is 0 Å². The smallest absolute Gasteiger partial charge is 0.271 e.